The van der Waals surface area contributed by atoms with Gasteiger partial charge in [0.15, 0.2) is 0 Å². The molecule has 1 atom stereocenters. The molecule has 7 nitrogen and oxygen atoms in total. The van der Waals surface area contributed by atoms with Crippen LogP contribution >= 0.6 is 11.8 Å². The minimum Gasteiger partial charge on any atom is -0.480 e. The van der Waals surface area contributed by atoms with Crippen LogP contribution in [0.5, 0.6) is 0 Å². The first-order valence-corrected chi connectivity index (χ1v) is 6.84. The highest BCUT2D eigenvalue weighted by Crippen LogP contribution is 2.17. The summed E-state index contributed by atoms with van der Waals surface area (Å²) < 4.78 is 9.73. The summed E-state index contributed by atoms with van der Waals surface area (Å²) in [6.45, 7) is 1.26. The first kappa shape index (κ1) is 16.1. The average Bonchev–Trinajstić information content (AvgIpc) is 2.84. The number of methoxy groups -OCH3 is 1. The molecular weight excluding hydrogens is 286 g/mol. The zero-order valence-corrected chi connectivity index (χ0v) is 11.9. The number of hydrogen-bond acceptors (Lipinski definition) is 6. The van der Waals surface area contributed by atoms with Gasteiger partial charge in [-0.3, -0.25) is 4.79 Å². The standard InChI is InChI=1S/C12H15NO6S/c1-7(14)13-9(11(15)16)6-20-5-8-3-4-10(19-8)12(17)18-2/h3-4,9H,5-6H2,1-2H3,(H,13,14)(H,15,16). The molecule has 0 aliphatic rings. The van der Waals surface area contributed by atoms with Crippen molar-refractivity contribution in [2.24, 2.45) is 0 Å². The van der Waals surface area contributed by atoms with E-state index in [4.69, 9.17) is 9.52 Å². The van der Waals surface area contributed by atoms with Gasteiger partial charge in [0, 0.05) is 12.7 Å². The summed E-state index contributed by atoms with van der Waals surface area (Å²) in [5.74, 6) is -0.847. The maximum Gasteiger partial charge on any atom is 0.373 e. The third-order valence-electron chi connectivity index (χ3n) is 2.25. The van der Waals surface area contributed by atoms with Gasteiger partial charge in [0.05, 0.1) is 12.9 Å². The molecule has 0 fully saturated rings. The summed E-state index contributed by atoms with van der Waals surface area (Å²) in [5, 5.41) is 11.2. The molecule has 0 saturated heterocycles. The molecule has 1 heterocycles. The van der Waals surface area contributed by atoms with Gasteiger partial charge < -0.3 is 19.6 Å². The lowest BCUT2D eigenvalue weighted by molar-refractivity contribution is -0.140. The molecule has 0 radical (unpaired) electrons. The Bertz CT molecular complexity index is 498. The molecule has 1 amide bonds. The molecule has 1 aromatic rings. The predicted molar refractivity (Wildman–Crippen MR) is 71.5 cm³/mol. The first-order chi connectivity index (χ1) is 9.43. The van der Waals surface area contributed by atoms with E-state index in [1.165, 1.54) is 31.9 Å². The zero-order chi connectivity index (χ0) is 15.1. The molecule has 1 rings (SSSR count). The van der Waals surface area contributed by atoms with E-state index >= 15 is 0 Å². The van der Waals surface area contributed by atoms with Gasteiger partial charge in [0.2, 0.25) is 11.7 Å². The van der Waals surface area contributed by atoms with Crippen LogP contribution in [0.15, 0.2) is 16.5 Å². The number of esters is 1. The number of carbonyl (C=O) groups excluding carboxylic acids is 2. The van der Waals surface area contributed by atoms with Gasteiger partial charge in [-0.1, -0.05) is 0 Å². The van der Waals surface area contributed by atoms with Gasteiger partial charge >= 0.3 is 11.9 Å². The van der Waals surface area contributed by atoms with Gasteiger partial charge in [-0.05, 0) is 12.1 Å². The van der Waals surface area contributed by atoms with E-state index in [0.717, 1.165) is 0 Å². The van der Waals surface area contributed by atoms with Crippen LogP contribution in [0.25, 0.3) is 0 Å². The molecule has 8 heteroatoms. The van der Waals surface area contributed by atoms with Crippen molar-refractivity contribution in [3.05, 3.63) is 23.7 Å². The number of carbonyl (C=O) groups is 3. The first-order valence-electron chi connectivity index (χ1n) is 5.68. The Labute approximate surface area is 119 Å². The number of furan rings is 1. The third-order valence-corrected chi connectivity index (χ3v) is 3.31. The fraction of sp³-hybridized carbons (Fsp3) is 0.417. The fourth-order valence-electron chi connectivity index (χ4n) is 1.36. The second-order valence-corrected chi connectivity index (χ2v) is 4.89. The molecule has 0 aliphatic carbocycles. The maximum absolute atomic E-state index is 11.2. The summed E-state index contributed by atoms with van der Waals surface area (Å²) in [4.78, 5) is 32.9. The topological polar surface area (TPSA) is 106 Å². The molecule has 0 aliphatic heterocycles. The van der Waals surface area contributed by atoms with Crippen LogP contribution in [0.2, 0.25) is 0 Å². The van der Waals surface area contributed by atoms with E-state index in [1.807, 2.05) is 0 Å². The van der Waals surface area contributed by atoms with E-state index in [9.17, 15) is 14.4 Å². The quantitative estimate of drug-likeness (QED) is 0.720. The monoisotopic (exact) mass is 301 g/mol. The third kappa shape index (κ3) is 4.96. The van der Waals surface area contributed by atoms with Gasteiger partial charge in [0.25, 0.3) is 0 Å². The highest BCUT2D eigenvalue weighted by molar-refractivity contribution is 7.98. The van der Waals surface area contributed by atoms with Crippen LogP contribution in [0.4, 0.5) is 0 Å². The Morgan fingerprint density at radius 1 is 1.45 bits per heavy atom. The smallest absolute Gasteiger partial charge is 0.373 e. The summed E-state index contributed by atoms with van der Waals surface area (Å²) in [7, 11) is 1.25. The number of carboxylic acid groups (broad SMARTS) is 1. The summed E-state index contributed by atoms with van der Waals surface area (Å²) in [6, 6.07) is 2.16. The lowest BCUT2D eigenvalue weighted by atomic mass is 10.3. The van der Waals surface area contributed by atoms with Crippen LogP contribution in [0.1, 0.15) is 23.2 Å². The Kier molecular flexibility index (Phi) is 6.10. The molecule has 0 bridgehead atoms. The molecule has 0 spiro atoms. The van der Waals surface area contributed by atoms with Crippen molar-refractivity contribution in [1.29, 1.82) is 0 Å². The normalized spacial score (nSPS) is 11.7. The molecular formula is C12H15NO6S. The lowest BCUT2D eigenvalue weighted by Crippen LogP contribution is -2.41. The van der Waals surface area contributed by atoms with Crippen molar-refractivity contribution < 1.29 is 28.6 Å². The van der Waals surface area contributed by atoms with E-state index in [1.54, 1.807) is 6.07 Å². The number of aliphatic carboxylic acids is 1. The summed E-state index contributed by atoms with van der Waals surface area (Å²) >= 11 is 1.28. The molecule has 1 aromatic heterocycles. The minimum atomic E-state index is -1.10. The molecule has 20 heavy (non-hydrogen) atoms. The lowest BCUT2D eigenvalue weighted by Gasteiger charge is -2.11. The van der Waals surface area contributed by atoms with Gasteiger partial charge in [0.1, 0.15) is 11.8 Å². The fourth-order valence-corrected chi connectivity index (χ4v) is 2.30. The van der Waals surface area contributed by atoms with E-state index < -0.39 is 23.9 Å². The number of ether oxygens (including phenoxy) is 1. The summed E-state index contributed by atoms with van der Waals surface area (Å²) in [6.07, 6.45) is 0. The Hall–Kier alpha value is -1.96. The van der Waals surface area contributed by atoms with Crippen molar-refractivity contribution in [1.82, 2.24) is 5.32 Å². The highest BCUT2D eigenvalue weighted by atomic mass is 32.2. The number of carboxylic acids is 1. The Balaban J connectivity index is 2.46. The zero-order valence-electron chi connectivity index (χ0n) is 11.0. The van der Waals surface area contributed by atoms with Crippen LogP contribution in [-0.4, -0.2) is 41.9 Å². The van der Waals surface area contributed by atoms with Crippen molar-refractivity contribution in [2.45, 2.75) is 18.7 Å². The van der Waals surface area contributed by atoms with Gasteiger partial charge in [-0.25, -0.2) is 9.59 Å². The van der Waals surface area contributed by atoms with Crippen molar-refractivity contribution in [2.75, 3.05) is 12.9 Å². The number of rotatable bonds is 7. The minimum absolute atomic E-state index is 0.0970. The van der Waals surface area contributed by atoms with E-state index in [-0.39, 0.29) is 11.5 Å². The number of thioether (sulfide) groups is 1. The van der Waals surface area contributed by atoms with Crippen LogP contribution in [-0.2, 0) is 20.1 Å². The second kappa shape index (κ2) is 7.59. The van der Waals surface area contributed by atoms with Crippen LogP contribution in [0, 0.1) is 0 Å². The molecule has 0 aromatic carbocycles. The molecule has 110 valence electrons. The molecule has 0 saturated carbocycles. The molecule has 1 unspecified atom stereocenters. The van der Waals surface area contributed by atoms with Crippen molar-refractivity contribution in [3.8, 4) is 0 Å². The van der Waals surface area contributed by atoms with E-state index in [2.05, 4.69) is 10.1 Å². The number of hydrogen-bond donors (Lipinski definition) is 2. The second-order valence-electron chi connectivity index (χ2n) is 3.86. The van der Waals surface area contributed by atoms with Crippen LogP contribution in [0.3, 0.4) is 0 Å². The van der Waals surface area contributed by atoms with Crippen molar-refractivity contribution in [3.63, 3.8) is 0 Å². The van der Waals surface area contributed by atoms with Crippen LogP contribution < -0.4 is 5.32 Å². The number of nitrogens with one attached hydrogen (secondary N) is 1. The number of amides is 1. The Morgan fingerprint density at radius 3 is 2.70 bits per heavy atom. The predicted octanol–water partition coefficient (Wildman–Crippen LogP) is 0.889. The SMILES string of the molecule is COC(=O)c1ccc(CSCC(NC(C)=O)C(=O)O)o1. The average molecular weight is 301 g/mol. The molecule has 2 N–H and O–H groups in total. The van der Waals surface area contributed by atoms with Gasteiger partial charge in [-0.15, -0.1) is 0 Å². The largest absolute Gasteiger partial charge is 0.480 e. The highest BCUT2D eigenvalue weighted by Gasteiger charge is 2.18. The van der Waals surface area contributed by atoms with E-state index in [0.29, 0.717) is 11.5 Å². The van der Waals surface area contributed by atoms with Crippen molar-refractivity contribution >= 4 is 29.6 Å². The summed E-state index contributed by atoms with van der Waals surface area (Å²) in [5.41, 5.74) is 0. The van der Waals surface area contributed by atoms with Gasteiger partial charge in [-0.2, -0.15) is 11.8 Å². The Morgan fingerprint density at radius 2 is 2.15 bits per heavy atom. The maximum atomic E-state index is 11.2.